The summed E-state index contributed by atoms with van der Waals surface area (Å²) in [6, 6.07) is 13.5. The molecule has 2 rings (SSSR count). The van der Waals surface area contributed by atoms with E-state index >= 15 is 0 Å². The molecule has 2 amide bonds. The molecule has 2 aromatic rings. The van der Waals surface area contributed by atoms with Gasteiger partial charge in [-0.05, 0) is 59.0 Å². The molecule has 0 aliphatic carbocycles. The van der Waals surface area contributed by atoms with E-state index in [4.69, 9.17) is 14.7 Å². The van der Waals surface area contributed by atoms with Crippen LogP contribution in [0.25, 0.3) is 0 Å². The van der Waals surface area contributed by atoms with Crippen molar-refractivity contribution in [3.05, 3.63) is 69.8 Å². The molecule has 0 spiro atoms. The summed E-state index contributed by atoms with van der Waals surface area (Å²) in [4.78, 5) is 23.7. The van der Waals surface area contributed by atoms with Gasteiger partial charge in [0.15, 0.2) is 6.10 Å². The molecule has 4 N–H and O–H groups in total. The number of benzene rings is 2. The zero-order valence-corrected chi connectivity index (χ0v) is 17.0. The number of aromatic hydroxyl groups is 1. The predicted octanol–water partition coefficient (Wildman–Crippen LogP) is 3.36. The van der Waals surface area contributed by atoms with Crippen LogP contribution in [0.1, 0.15) is 11.7 Å². The normalized spacial score (nSPS) is 13.0. The van der Waals surface area contributed by atoms with E-state index in [1.807, 2.05) is 0 Å². The van der Waals surface area contributed by atoms with Crippen molar-refractivity contribution in [2.45, 2.75) is 12.2 Å². The maximum atomic E-state index is 12.4. The number of carbonyl (C=O) groups is 2. The fraction of sp³-hybridized carbons (Fsp3) is 0.158. The molecule has 0 aromatic heterocycles. The highest BCUT2D eigenvalue weighted by Gasteiger charge is 2.28. The third-order valence-electron chi connectivity index (χ3n) is 3.67. The molecule has 0 radical (unpaired) electrons. The monoisotopic (exact) mass is 498 g/mol. The van der Waals surface area contributed by atoms with Crippen molar-refractivity contribution >= 4 is 40.3 Å². The molecule has 0 bridgehead atoms. The third kappa shape index (κ3) is 6.22. The molecule has 0 saturated carbocycles. The Kier molecular flexibility index (Phi) is 8.23. The van der Waals surface area contributed by atoms with Crippen LogP contribution in [0.3, 0.4) is 0 Å². The Balaban J connectivity index is 2.31. The minimum absolute atomic E-state index is 0.0972. The molecular formula is C19H19IN2O6. The van der Waals surface area contributed by atoms with Crippen molar-refractivity contribution in [3.8, 4) is 5.75 Å². The van der Waals surface area contributed by atoms with Gasteiger partial charge in [-0.3, -0.25) is 15.3 Å². The van der Waals surface area contributed by atoms with Crippen molar-refractivity contribution in [1.29, 1.82) is 0 Å². The van der Waals surface area contributed by atoms with Crippen LogP contribution in [0.5, 0.6) is 5.75 Å². The van der Waals surface area contributed by atoms with Gasteiger partial charge in [-0.25, -0.2) is 10.3 Å². The zero-order chi connectivity index (χ0) is 20.5. The van der Waals surface area contributed by atoms with Crippen LogP contribution < -0.4 is 10.8 Å². The number of rotatable bonds is 7. The highest BCUT2D eigenvalue weighted by molar-refractivity contribution is 14.1. The molecule has 2 aromatic carbocycles. The Bertz CT molecular complexity index is 844. The average Bonchev–Trinajstić information content (AvgIpc) is 2.69. The number of halogens is 1. The van der Waals surface area contributed by atoms with Gasteiger partial charge in [0.1, 0.15) is 11.9 Å². The Morgan fingerprint density at radius 3 is 2.54 bits per heavy atom. The van der Waals surface area contributed by atoms with Crippen LogP contribution in [-0.2, 0) is 14.3 Å². The average molecular weight is 498 g/mol. The number of hydrogen-bond acceptors (Lipinski definition) is 6. The summed E-state index contributed by atoms with van der Waals surface area (Å²) < 4.78 is 11.7. The van der Waals surface area contributed by atoms with Gasteiger partial charge in [0.2, 0.25) is 0 Å². The van der Waals surface area contributed by atoms with E-state index in [9.17, 15) is 14.7 Å². The molecule has 0 aliphatic rings. The first-order chi connectivity index (χ1) is 13.4. The van der Waals surface area contributed by atoms with Crippen LogP contribution in [0, 0.1) is 3.57 Å². The van der Waals surface area contributed by atoms with Gasteiger partial charge in [0.05, 0.1) is 0 Å². The van der Waals surface area contributed by atoms with Crippen LogP contribution in [0.4, 0.5) is 10.5 Å². The van der Waals surface area contributed by atoms with Gasteiger partial charge in [-0.15, -0.1) is 0 Å². The Morgan fingerprint density at radius 2 is 1.89 bits per heavy atom. The summed E-state index contributed by atoms with van der Waals surface area (Å²) in [6.07, 6.45) is -0.402. The van der Waals surface area contributed by atoms with E-state index in [1.54, 1.807) is 42.5 Å². The van der Waals surface area contributed by atoms with Gasteiger partial charge in [-0.2, -0.15) is 0 Å². The van der Waals surface area contributed by atoms with Crippen LogP contribution in [0.15, 0.2) is 60.7 Å². The second kappa shape index (κ2) is 10.6. The third-order valence-corrected chi connectivity index (χ3v) is 4.34. The maximum Gasteiger partial charge on any atom is 0.412 e. The number of para-hydroxylation sites is 1. The molecule has 0 fully saturated rings. The van der Waals surface area contributed by atoms with Gasteiger partial charge in [0, 0.05) is 28.0 Å². The zero-order valence-electron chi connectivity index (χ0n) is 14.8. The molecule has 2 atom stereocenters. The van der Waals surface area contributed by atoms with Crippen molar-refractivity contribution < 1.29 is 29.4 Å². The fourth-order valence-corrected chi connectivity index (χ4v) is 2.88. The highest BCUT2D eigenvalue weighted by Crippen LogP contribution is 2.33. The van der Waals surface area contributed by atoms with Gasteiger partial charge in [-0.1, -0.05) is 18.2 Å². The van der Waals surface area contributed by atoms with Crippen molar-refractivity contribution in [2.24, 2.45) is 0 Å². The minimum atomic E-state index is -1.06. The first-order valence-corrected chi connectivity index (χ1v) is 9.18. The number of phenols is 1. The smallest absolute Gasteiger partial charge is 0.412 e. The molecule has 0 unspecified atom stereocenters. The lowest BCUT2D eigenvalue weighted by molar-refractivity contribution is -0.124. The summed E-state index contributed by atoms with van der Waals surface area (Å²) in [5.41, 5.74) is 2.30. The van der Waals surface area contributed by atoms with E-state index in [0.717, 1.165) is 9.65 Å². The fourth-order valence-electron chi connectivity index (χ4n) is 2.37. The molecule has 0 aliphatic heterocycles. The first kappa shape index (κ1) is 21.7. The second-order valence-corrected chi connectivity index (χ2v) is 6.80. The summed E-state index contributed by atoms with van der Waals surface area (Å²) >= 11 is 2.06. The molecule has 0 heterocycles. The summed E-state index contributed by atoms with van der Waals surface area (Å²) in [6.45, 7) is 0. The molecule has 9 heteroatoms. The summed E-state index contributed by atoms with van der Waals surface area (Å²) in [7, 11) is 1.36. The lowest BCUT2D eigenvalue weighted by atomic mass is 10.0. The first-order valence-electron chi connectivity index (χ1n) is 8.10. The number of amides is 2. The lowest BCUT2D eigenvalue weighted by Gasteiger charge is -2.25. The summed E-state index contributed by atoms with van der Waals surface area (Å²) in [5, 5.41) is 21.5. The van der Waals surface area contributed by atoms with Crippen molar-refractivity contribution in [1.82, 2.24) is 5.48 Å². The van der Waals surface area contributed by atoms with E-state index in [2.05, 4.69) is 27.9 Å². The highest BCUT2D eigenvalue weighted by atomic mass is 127. The van der Waals surface area contributed by atoms with Crippen molar-refractivity contribution in [2.75, 3.05) is 12.4 Å². The van der Waals surface area contributed by atoms with Gasteiger partial charge >= 0.3 is 6.09 Å². The number of carbonyl (C=O) groups excluding carboxylic acids is 2. The molecule has 0 saturated heterocycles. The van der Waals surface area contributed by atoms with Crippen LogP contribution in [-0.4, -0.2) is 35.5 Å². The van der Waals surface area contributed by atoms with Crippen molar-refractivity contribution in [3.63, 3.8) is 0 Å². The number of hydrogen-bond donors (Lipinski definition) is 4. The Labute approximate surface area is 175 Å². The number of hydroxylamine groups is 1. The number of methoxy groups -OCH3 is 1. The van der Waals surface area contributed by atoms with Gasteiger partial charge in [0.25, 0.3) is 5.91 Å². The SMILES string of the molecule is CO[C@@H](/C=C/C(=O)NO)[C@@H](OC(=O)Nc1ccccc1)c1cc(I)ccc1O. The number of ether oxygens (including phenoxy) is 2. The van der Waals surface area contributed by atoms with E-state index in [-0.39, 0.29) is 5.75 Å². The Morgan fingerprint density at radius 1 is 1.18 bits per heavy atom. The molecule has 8 nitrogen and oxygen atoms in total. The second-order valence-electron chi connectivity index (χ2n) is 5.56. The predicted molar refractivity (Wildman–Crippen MR) is 110 cm³/mol. The maximum absolute atomic E-state index is 12.4. The van der Waals surface area contributed by atoms with Crippen LogP contribution in [0.2, 0.25) is 0 Å². The molecule has 28 heavy (non-hydrogen) atoms. The quantitative estimate of drug-likeness (QED) is 0.201. The van der Waals surface area contributed by atoms with E-state index in [0.29, 0.717) is 11.3 Å². The number of phenolic OH excluding ortho intramolecular Hbond substituents is 1. The van der Waals surface area contributed by atoms with Crippen LogP contribution >= 0.6 is 22.6 Å². The van der Waals surface area contributed by atoms with E-state index in [1.165, 1.54) is 24.7 Å². The minimum Gasteiger partial charge on any atom is -0.508 e. The largest absolute Gasteiger partial charge is 0.508 e. The summed E-state index contributed by atoms with van der Waals surface area (Å²) in [5.74, 6) is -0.874. The topological polar surface area (TPSA) is 117 Å². The standard InChI is InChI=1S/C19H19IN2O6/c1-27-16(9-10-17(24)22-26)18(14-11-12(20)7-8-15(14)23)28-19(25)21-13-5-3-2-4-6-13/h2-11,16,18,23,26H,1H3,(H,21,25)(H,22,24)/b10-9+/t16-,18-/m0/s1. The van der Waals surface area contributed by atoms with E-state index < -0.39 is 24.2 Å². The lowest BCUT2D eigenvalue weighted by Crippen LogP contribution is -2.27. The molecular weight excluding hydrogens is 479 g/mol. The van der Waals surface area contributed by atoms with Gasteiger partial charge < -0.3 is 14.6 Å². The number of anilines is 1. The Hall–Kier alpha value is -2.63. The molecule has 148 valence electrons. The number of nitrogens with one attached hydrogen (secondary N) is 2.